The van der Waals surface area contributed by atoms with Gasteiger partial charge in [-0.1, -0.05) is 152 Å². The molecule has 1 spiro atoms. The monoisotopic (exact) mass is 1070 g/mol. The van der Waals surface area contributed by atoms with Gasteiger partial charge in [0.2, 0.25) is 0 Å². The Balaban J connectivity index is 1.54. The second kappa shape index (κ2) is 40.2. The van der Waals surface area contributed by atoms with Gasteiger partial charge in [0.1, 0.15) is 0 Å². The summed E-state index contributed by atoms with van der Waals surface area (Å²) < 4.78 is 59.3. The van der Waals surface area contributed by atoms with E-state index in [0.29, 0.717) is 18.4 Å². The van der Waals surface area contributed by atoms with E-state index in [9.17, 15) is 18.9 Å². The third-order valence-corrected chi connectivity index (χ3v) is 17.6. The van der Waals surface area contributed by atoms with Crippen LogP contribution in [0.3, 0.4) is 0 Å². The summed E-state index contributed by atoms with van der Waals surface area (Å²) in [5.41, 5.74) is 11.3. The molecule has 0 radical (unpaired) electrons. The van der Waals surface area contributed by atoms with E-state index in [1.807, 2.05) is 7.05 Å². The molecule has 73 heavy (non-hydrogen) atoms. The molecule has 3 rings (SSSR count). The van der Waals surface area contributed by atoms with E-state index < -0.39 is 21.4 Å². The van der Waals surface area contributed by atoms with E-state index in [4.69, 9.17) is 39.0 Å². The van der Waals surface area contributed by atoms with E-state index in [-0.39, 0.29) is 63.7 Å². The van der Waals surface area contributed by atoms with E-state index in [0.717, 1.165) is 57.8 Å². The van der Waals surface area contributed by atoms with Crippen LogP contribution in [0.25, 0.3) is 0 Å². The van der Waals surface area contributed by atoms with Crippen molar-refractivity contribution in [1.82, 2.24) is 4.90 Å². The molecule has 0 aromatic carbocycles. The van der Waals surface area contributed by atoms with Crippen LogP contribution < -0.4 is 11.5 Å². The van der Waals surface area contributed by atoms with Crippen molar-refractivity contribution in [2.24, 2.45) is 22.8 Å². The quantitative estimate of drug-likeness (QED) is 0.0257. The minimum absolute atomic E-state index is 0.00910. The molecule has 426 valence electrons. The summed E-state index contributed by atoms with van der Waals surface area (Å²) in [6.07, 6.45) is 58.7. The molecule has 0 aromatic rings. The summed E-state index contributed by atoms with van der Waals surface area (Å²) in [5.74, 6) is -0.406. The molecule has 3 aliphatic rings. The van der Waals surface area contributed by atoms with Gasteiger partial charge >= 0.3 is 15.6 Å². The molecule has 6 atom stereocenters. The van der Waals surface area contributed by atoms with E-state index in [1.165, 1.54) is 154 Å². The zero-order chi connectivity index (χ0) is 52.8. The normalized spacial score (nSPS) is 22.7. The SMILES string of the molecule is CCCCC/C=C\C/C=C\CCCCCCCCC1(CCCCCCCC/C=C\C/C=C\CCCCC)CCC2(CC1)O[C@H]1C[C@H](CCCOP(=O)(O)OCCN)[C@H](N(C)CCOP(=O)(O)OCCN)C[C@@H]1O2. The van der Waals surface area contributed by atoms with Crippen LogP contribution in [0.1, 0.15) is 232 Å². The highest BCUT2D eigenvalue weighted by Gasteiger charge is 2.55. The zero-order valence-corrected chi connectivity index (χ0v) is 48.4. The molecule has 1 heterocycles. The molecule has 1 saturated heterocycles. The molecule has 0 bridgehead atoms. The molecule has 13 nitrogen and oxygen atoms in total. The molecule has 2 unspecified atom stereocenters. The topological polar surface area (TPSA) is 185 Å². The Morgan fingerprint density at radius 3 is 1.41 bits per heavy atom. The first kappa shape index (κ1) is 66.3. The average Bonchev–Trinajstić information content (AvgIpc) is 3.73. The molecule has 2 aliphatic carbocycles. The lowest BCUT2D eigenvalue weighted by Gasteiger charge is -2.44. The maximum atomic E-state index is 12.4. The van der Waals surface area contributed by atoms with Crippen molar-refractivity contribution in [2.45, 2.75) is 256 Å². The Labute approximate surface area is 446 Å². The molecule has 0 aromatic heterocycles. The number of phosphoric acid groups is 2. The molecule has 6 N–H and O–H groups in total. The lowest BCUT2D eigenvalue weighted by Crippen LogP contribution is -2.49. The fourth-order valence-electron chi connectivity index (χ4n) is 11.3. The van der Waals surface area contributed by atoms with Crippen LogP contribution in [0.5, 0.6) is 0 Å². The highest BCUT2D eigenvalue weighted by atomic mass is 31.2. The van der Waals surface area contributed by atoms with Crippen LogP contribution in [-0.4, -0.2) is 91.8 Å². The van der Waals surface area contributed by atoms with Crippen molar-refractivity contribution in [2.75, 3.05) is 53.1 Å². The predicted octanol–water partition coefficient (Wildman–Crippen LogP) is 15.1. The number of phosphoric ester groups is 2. The fraction of sp³-hybridized carbons (Fsp3) is 0.862. The third kappa shape index (κ3) is 30.1. The zero-order valence-electron chi connectivity index (χ0n) is 46.6. The minimum Gasteiger partial charge on any atom is -0.344 e. The summed E-state index contributed by atoms with van der Waals surface area (Å²) >= 11 is 0. The van der Waals surface area contributed by atoms with Crippen LogP contribution in [0.2, 0.25) is 0 Å². The van der Waals surface area contributed by atoms with Gasteiger partial charge in [0.15, 0.2) is 5.79 Å². The Morgan fingerprint density at radius 2 is 0.945 bits per heavy atom. The Hall–Kier alpha value is -1.02. The molecule has 2 saturated carbocycles. The van der Waals surface area contributed by atoms with Gasteiger partial charge in [-0.15, -0.1) is 0 Å². The summed E-state index contributed by atoms with van der Waals surface area (Å²) in [4.78, 5) is 22.4. The van der Waals surface area contributed by atoms with Gasteiger partial charge in [-0.2, -0.15) is 0 Å². The van der Waals surface area contributed by atoms with Gasteiger partial charge in [0, 0.05) is 38.5 Å². The smallest absolute Gasteiger partial charge is 0.344 e. The number of nitrogens with zero attached hydrogens (tertiary/aromatic N) is 1. The highest BCUT2D eigenvalue weighted by molar-refractivity contribution is 7.47. The molecule has 3 fully saturated rings. The van der Waals surface area contributed by atoms with Crippen LogP contribution in [-0.2, 0) is 36.7 Å². The van der Waals surface area contributed by atoms with E-state index in [2.05, 4.69) is 67.4 Å². The van der Waals surface area contributed by atoms with Crippen molar-refractivity contribution in [3.8, 4) is 0 Å². The van der Waals surface area contributed by atoms with Gasteiger partial charge < -0.3 is 35.6 Å². The number of hydrogen-bond acceptors (Lipinski definition) is 11. The summed E-state index contributed by atoms with van der Waals surface area (Å²) in [7, 11) is -6.38. The number of hydrogen-bond donors (Lipinski definition) is 4. The Bertz CT molecular complexity index is 1540. The van der Waals surface area contributed by atoms with E-state index >= 15 is 0 Å². The van der Waals surface area contributed by atoms with Crippen molar-refractivity contribution in [3.05, 3.63) is 48.6 Å². The number of rotatable bonds is 46. The first-order valence-electron chi connectivity index (χ1n) is 29.7. The second-order valence-corrected chi connectivity index (χ2v) is 24.6. The van der Waals surface area contributed by atoms with Crippen LogP contribution in [0, 0.1) is 11.3 Å². The number of nitrogens with two attached hydrogens (primary N) is 2. The summed E-state index contributed by atoms with van der Waals surface area (Å²) in [6, 6.07) is 0.0660. The number of fused-ring (bicyclic) bond motifs is 1. The van der Waals surface area contributed by atoms with Gasteiger partial charge in [-0.25, -0.2) is 9.13 Å². The first-order valence-corrected chi connectivity index (χ1v) is 32.7. The minimum atomic E-state index is -4.21. The largest absolute Gasteiger partial charge is 0.472 e. The molecular weight excluding hydrogens is 961 g/mol. The molecular formula is C58H109N3O10P2. The molecule has 1 aliphatic heterocycles. The molecule has 0 amide bonds. The van der Waals surface area contributed by atoms with Crippen LogP contribution in [0.4, 0.5) is 0 Å². The predicted molar refractivity (Wildman–Crippen MR) is 301 cm³/mol. The molecule has 15 heteroatoms. The van der Waals surface area contributed by atoms with Gasteiger partial charge in [-0.3, -0.25) is 18.1 Å². The number of likely N-dealkylation sites (N-methyl/N-ethyl adjacent to an activating group) is 1. The number of unbranched alkanes of at least 4 members (excludes halogenated alkanes) is 18. The van der Waals surface area contributed by atoms with Gasteiger partial charge in [-0.05, 0) is 134 Å². The fourth-order valence-corrected chi connectivity index (χ4v) is 12.8. The van der Waals surface area contributed by atoms with Crippen molar-refractivity contribution in [1.29, 1.82) is 0 Å². The standard InChI is InChI=1S/C58H109N3O10P2/c1-4-6-8-10-12-14-16-18-20-22-24-26-28-30-32-34-38-57(39-35-33-31-29-27-25-23-21-19-17-15-13-11-9-7-5-2)40-42-58(43-41-57)70-55-51-53(37-36-47-66-72(62,63)67-48-44-59)54(52-56(55)71-58)61(3)46-50-69-73(64,65)68-49-45-60/h12-15,18-21,53-56H,4-11,16-17,22-52,59-60H2,1-3H3,(H,62,63)(H,64,65)/b14-12-,15-13-,20-18-,21-19-/t53-,54+,55-,56-/m0/s1. The van der Waals surface area contributed by atoms with Crippen LogP contribution in [0.15, 0.2) is 48.6 Å². The first-order chi connectivity index (χ1) is 35.4. The van der Waals surface area contributed by atoms with Crippen LogP contribution >= 0.6 is 15.6 Å². The lowest BCUT2D eigenvalue weighted by molar-refractivity contribution is -0.208. The summed E-state index contributed by atoms with van der Waals surface area (Å²) in [6.45, 7) is 5.13. The van der Waals surface area contributed by atoms with Gasteiger partial charge in [0.25, 0.3) is 0 Å². The van der Waals surface area contributed by atoms with Crippen molar-refractivity contribution >= 4 is 15.6 Å². The third-order valence-electron chi connectivity index (χ3n) is 15.6. The van der Waals surface area contributed by atoms with E-state index in [1.54, 1.807) is 0 Å². The Morgan fingerprint density at radius 1 is 0.534 bits per heavy atom. The van der Waals surface area contributed by atoms with Crippen molar-refractivity contribution in [3.63, 3.8) is 0 Å². The second-order valence-electron chi connectivity index (χ2n) is 21.7. The van der Waals surface area contributed by atoms with Crippen molar-refractivity contribution < 1.29 is 46.5 Å². The lowest BCUT2D eigenvalue weighted by atomic mass is 9.66. The maximum Gasteiger partial charge on any atom is 0.472 e. The summed E-state index contributed by atoms with van der Waals surface area (Å²) in [5, 5.41) is 0. The van der Waals surface area contributed by atoms with Gasteiger partial charge in [0.05, 0.1) is 38.6 Å². The maximum absolute atomic E-state index is 12.4. The highest BCUT2D eigenvalue weighted by Crippen LogP contribution is 2.54. The Kier molecular flexibility index (Phi) is 36.5. The number of ether oxygens (including phenoxy) is 2. The average molecular weight is 1070 g/mol. The number of allylic oxidation sites excluding steroid dienone is 8.